The van der Waals surface area contributed by atoms with Crippen molar-refractivity contribution in [2.24, 2.45) is 11.1 Å². The number of amides is 2. The van der Waals surface area contributed by atoms with Crippen LogP contribution in [0.3, 0.4) is 0 Å². The molecule has 0 fully saturated rings. The maximum Gasteiger partial charge on any atom is 0.336 e. The van der Waals surface area contributed by atoms with Crippen LogP contribution in [0.4, 0.5) is 5.69 Å². The number of aromatic nitrogens is 3. The number of pyridine rings is 1. The minimum absolute atomic E-state index is 0.0174. The predicted octanol–water partition coefficient (Wildman–Crippen LogP) is 1.92. The number of amidine groups is 1. The minimum Gasteiger partial charge on any atom is -0.481 e. The lowest BCUT2D eigenvalue weighted by Gasteiger charge is -2.29. The second-order valence-electron chi connectivity index (χ2n) is 9.55. The van der Waals surface area contributed by atoms with E-state index in [0.717, 1.165) is 0 Å². The maximum absolute atomic E-state index is 13.2. The van der Waals surface area contributed by atoms with Crippen LogP contribution in [0.25, 0.3) is 11.1 Å². The molecule has 0 unspecified atom stereocenters. The van der Waals surface area contributed by atoms with Crippen molar-refractivity contribution < 1.29 is 29.3 Å². The third-order valence-corrected chi connectivity index (χ3v) is 5.78. The van der Waals surface area contributed by atoms with Crippen molar-refractivity contribution in [2.75, 3.05) is 19.0 Å². The summed E-state index contributed by atoms with van der Waals surface area (Å²) in [5.74, 6) is -2.85. The van der Waals surface area contributed by atoms with Crippen LogP contribution >= 0.6 is 0 Å². The number of carbonyl (C=O) groups excluding carboxylic acids is 2. The van der Waals surface area contributed by atoms with Crippen LogP contribution in [0.1, 0.15) is 57.8 Å². The van der Waals surface area contributed by atoms with E-state index in [0.29, 0.717) is 0 Å². The Morgan fingerprint density at radius 1 is 1.08 bits per heavy atom. The number of carboxylic acids is 1. The normalized spacial score (nSPS) is 11.8. The summed E-state index contributed by atoms with van der Waals surface area (Å²) < 4.78 is 5.15. The van der Waals surface area contributed by atoms with E-state index in [1.807, 2.05) is 20.8 Å². The highest BCUT2D eigenvalue weighted by Crippen LogP contribution is 2.30. The highest BCUT2D eigenvalue weighted by molar-refractivity contribution is 6.09. The van der Waals surface area contributed by atoms with Gasteiger partial charge in [-0.3, -0.25) is 15.0 Å². The number of hydrogen-bond donors (Lipinski definition) is 6. The van der Waals surface area contributed by atoms with Gasteiger partial charge < -0.3 is 31.3 Å². The van der Waals surface area contributed by atoms with Gasteiger partial charge in [0.25, 0.3) is 11.8 Å². The van der Waals surface area contributed by atoms with Crippen LogP contribution in [0.2, 0.25) is 0 Å². The Kier molecular flexibility index (Phi) is 8.56. The van der Waals surface area contributed by atoms with Crippen molar-refractivity contribution >= 4 is 29.3 Å². The Labute approximate surface area is 224 Å². The van der Waals surface area contributed by atoms with Crippen LogP contribution in [0, 0.1) is 10.8 Å². The van der Waals surface area contributed by atoms with Gasteiger partial charge in [-0.05, 0) is 29.2 Å². The van der Waals surface area contributed by atoms with Gasteiger partial charge >= 0.3 is 5.97 Å². The van der Waals surface area contributed by atoms with Gasteiger partial charge in [0.2, 0.25) is 5.88 Å². The predicted molar refractivity (Wildman–Crippen MR) is 142 cm³/mol. The Morgan fingerprint density at radius 2 is 1.72 bits per heavy atom. The van der Waals surface area contributed by atoms with Gasteiger partial charge in [0.05, 0.1) is 43.4 Å². The summed E-state index contributed by atoms with van der Waals surface area (Å²) in [7, 11) is 1.37. The quantitative estimate of drug-likeness (QED) is 0.173. The zero-order chi connectivity index (χ0) is 28.9. The summed E-state index contributed by atoms with van der Waals surface area (Å²) in [6, 6.07) is 6.43. The molecule has 0 aliphatic heterocycles. The highest BCUT2D eigenvalue weighted by atomic mass is 16.5. The number of carboxylic acid groups (broad SMARTS) is 1. The number of ether oxygens (including phenoxy) is 1. The van der Waals surface area contributed by atoms with Gasteiger partial charge in [0.15, 0.2) is 11.7 Å². The van der Waals surface area contributed by atoms with Crippen LogP contribution in [0.5, 0.6) is 5.88 Å². The van der Waals surface area contributed by atoms with E-state index in [1.54, 1.807) is 0 Å². The van der Waals surface area contributed by atoms with Gasteiger partial charge in [-0.1, -0.05) is 26.8 Å². The van der Waals surface area contributed by atoms with E-state index in [9.17, 15) is 24.6 Å². The standard InChI is InChI=1S/C26H29N7O6/c1-26(2,3)18(12-34)32-23(35)13-5-6-15(17(9-13)25(37)38)16-7-8-19(39-4)33-20(16)24(36)31-14-10-29-22(21(27)28)30-11-14/h5-11,18,34H,12H2,1-4H3,(H3,27,28)(H,31,36)(H,32,35)(H,37,38)/t18-/m1/s1. The van der Waals surface area contributed by atoms with Crippen LogP contribution < -0.4 is 21.1 Å². The second-order valence-corrected chi connectivity index (χ2v) is 9.55. The number of hydrogen-bond acceptors (Lipinski definition) is 9. The number of aromatic carboxylic acids is 1. The molecule has 0 spiro atoms. The van der Waals surface area contributed by atoms with Gasteiger partial charge in [0.1, 0.15) is 5.69 Å². The van der Waals surface area contributed by atoms with Gasteiger partial charge in [-0.15, -0.1) is 0 Å². The van der Waals surface area contributed by atoms with E-state index in [2.05, 4.69) is 25.6 Å². The molecule has 0 bridgehead atoms. The molecule has 0 aliphatic carbocycles. The number of benzene rings is 1. The monoisotopic (exact) mass is 535 g/mol. The molecule has 204 valence electrons. The number of nitrogens with two attached hydrogens (primary N) is 1. The van der Waals surface area contributed by atoms with Gasteiger partial charge in [-0.2, -0.15) is 0 Å². The summed E-state index contributed by atoms with van der Waals surface area (Å²) in [4.78, 5) is 50.3. The van der Waals surface area contributed by atoms with Crippen molar-refractivity contribution in [1.29, 1.82) is 5.41 Å². The average molecular weight is 536 g/mol. The number of nitrogens with one attached hydrogen (secondary N) is 3. The minimum atomic E-state index is -1.33. The molecule has 0 radical (unpaired) electrons. The van der Waals surface area contributed by atoms with E-state index < -0.39 is 29.2 Å². The number of anilines is 1. The molecule has 0 saturated carbocycles. The summed E-state index contributed by atoms with van der Waals surface area (Å²) in [6.45, 7) is 5.27. The number of methoxy groups -OCH3 is 1. The Bertz CT molecular complexity index is 1420. The molecule has 2 amide bonds. The summed E-state index contributed by atoms with van der Waals surface area (Å²) in [5, 5.41) is 32.3. The Morgan fingerprint density at radius 3 is 2.26 bits per heavy atom. The number of nitrogens with zero attached hydrogens (tertiary/aromatic N) is 3. The molecular formula is C26H29N7O6. The molecule has 3 rings (SSSR count). The molecule has 39 heavy (non-hydrogen) atoms. The second kappa shape index (κ2) is 11.6. The molecule has 1 aromatic carbocycles. The Balaban J connectivity index is 2.02. The van der Waals surface area contributed by atoms with Crippen molar-refractivity contribution in [3.05, 3.63) is 65.4 Å². The fourth-order valence-corrected chi connectivity index (χ4v) is 3.54. The maximum atomic E-state index is 13.2. The molecule has 2 aromatic heterocycles. The van der Waals surface area contributed by atoms with Crippen LogP contribution in [-0.4, -0.2) is 68.5 Å². The number of aliphatic hydroxyl groups is 1. The third kappa shape index (κ3) is 6.70. The molecule has 2 heterocycles. The first-order chi connectivity index (χ1) is 18.3. The van der Waals surface area contributed by atoms with E-state index in [1.165, 1.54) is 49.8 Å². The molecule has 0 saturated heterocycles. The number of aliphatic hydroxyl groups excluding tert-OH is 1. The smallest absolute Gasteiger partial charge is 0.336 e. The largest absolute Gasteiger partial charge is 0.481 e. The summed E-state index contributed by atoms with van der Waals surface area (Å²) in [6.07, 6.45) is 2.52. The van der Waals surface area contributed by atoms with Crippen LogP contribution in [0.15, 0.2) is 42.7 Å². The number of rotatable bonds is 9. The molecular weight excluding hydrogens is 506 g/mol. The fraction of sp³-hybridized carbons (Fsp3) is 0.269. The summed E-state index contributed by atoms with van der Waals surface area (Å²) >= 11 is 0. The lowest BCUT2D eigenvalue weighted by Crippen LogP contribution is -2.46. The van der Waals surface area contributed by atoms with Gasteiger partial charge in [0, 0.05) is 17.2 Å². The number of nitrogen functional groups attached to an aromatic ring is 1. The van der Waals surface area contributed by atoms with Crippen molar-refractivity contribution in [2.45, 2.75) is 26.8 Å². The SMILES string of the molecule is COc1ccc(-c2ccc(C(=O)N[C@H](CO)C(C)(C)C)cc2C(=O)O)c(C(=O)Nc2cnc(C(=N)N)nc2)n1. The molecule has 1 atom stereocenters. The van der Waals surface area contributed by atoms with Gasteiger partial charge in [-0.25, -0.2) is 19.7 Å². The molecule has 13 heteroatoms. The lowest BCUT2D eigenvalue weighted by atomic mass is 9.87. The topological polar surface area (TPSA) is 214 Å². The molecule has 0 aliphatic rings. The summed E-state index contributed by atoms with van der Waals surface area (Å²) in [5.41, 5.74) is 5.07. The molecule has 13 nitrogen and oxygen atoms in total. The number of carbonyl (C=O) groups is 3. The van der Waals surface area contributed by atoms with Crippen molar-refractivity contribution in [3.8, 4) is 17.0 Å². The first-order valence-corrected chi connectivity index (χ1v) is 11.7. The zero-order valence-electron chi connectivity index (χ0n) is 21.8. The van der Waals surface area contributed by atoms with E-state index in [4.69, 9.17) is 15.9 Å². The van der Waals surface area contributed by atoms with Crippen molar-refractivity contribution in [1.82, 2.24) is 20.3 Å². The first-order valence-electron chi connectivity index (χ1n) is 11.7. The first kappa shape index (κ1) is 28.7. The van der Waals surface area contributed by atoms with Crippen molar-refractivity contribution in [3.63, 3.8) is 0 Å². The molecule has 7 N–H and O–H groups in total. The Hall–Kier alpha value is -4.91. The lowest BCUT2D eigenvalue weighted by molar-refractivity contribution is 0.0697. The third-order valence-electron chi connectivity index (χ3n) is 5.78. The van der Waals surface area contributed by atoms with Crippen LogP contribution in [-0.2, 0) is 0 Å². The zero-order valence-corrected chi connectivity index (χ0v) is 21.8. The fourth-order valence-electron chi connectivity index (χ4n) is 3.54. The highest BCUT2D eigenvalue weighted by Gasteiger charge is 2.27. The van der Waals surface area contributed by atoms with E-state index >= 15 is 0 Å². The van der Waals surface area contributed by atoms with E-state index in [-0.39, 0.29) is 57.8 Å². The molecule has 3 aromatic rings. The average Bonchev–Trinajstić information content (AvgIpc) is 2.90.